The molecule has 2 aromatic carbocycles. The summed E-state index contributed by atoms with van der Waals surface area (Å²) in [6.07, 6.45) is 8.47. The normalized spacial score (nSPS) is 17.6. The van der Waals surface area contributed by atoms with Crippen LogP contribution in [-0.4, -0.2) is 55.2 Å². The Hall–Kier alpha value is -3.00. The quantitative estimate of drug-likeness (QED) is 0.152. The van der Waals surface area contributed by atoms with E-state index in [-0.39, 0.29) is 31.5 Å². The lowest BCUT2D eigenvalue weighted by atomic mass is 9.90. The molecule has 0 radical (unpaired) electrons. The van der Waals surface area contributed by atoms with Crippen molar-refractivity contribution in [3.63, 3.8) is 0 Å². The zero-order valence-corrected chi connectivity index (χ0v) is 24.6. The van der Waals surface area contributed by atoms with Crippen LogP contribution in [0.1, 0.15) is 75.2 Å². The van der Waals surface area contributed by atoms with Crippen LogP contribution in [0.2, 0.25) is 0 Å². The molecule has 0 bridgehead atoms. The number of unbranched alkanes of at least 4 members (excludes halogenated alkanes) is 2. The Morgan fingerprint density at radius 1 is 0.976 bits per heavy atom. The van der Waals surface area contributed by atoms with Crippen LogP contribution in [0.5, 0.6) is 0 Å². The van der Waals surface area contributed by atoms with Crippen molar-refractivity contribution in [3.8, 4) is 11.1 Å². The summed E-state index contributed by atoms with van der Waals surface area (Å²) in [4.78, 5) is 23.9. The van der Waals surface area contributed by atoms with E-state index in [1.54, 1.807) is 6.92 Å². The number of carbonyl (C=O) groups excluding carboxylic acids is 2. The first kappa shape index (κ1) is 32.5. The highest BCUT2D eigenvalue weighted by Gasteiger charge is 2.22. The number of aliphatic hydroxyl groups excluding tert-OH is 2. The minimum atomic E-state index is -0.610. The Bertz CT molecular complexity index is 1120. The average Bonchev–Trinajstić information content (AvgIpc) is 3.00. The molecule has 41 heavy (non-hydrogen) atoms. The minimum absolute atomic E-state index is 0.0208. The molecule has 0 spiro atoms. The summed E-state index contributed by atoms with van der Waals surface area (Å²) in [6.45, 7) is 7.87. The van der Waals surface area contributed by atoms with E-state index in [1.165, 1.54) is 37.7 Å². The third kappa shape index (κ3) is 10.4. The summed E-state index contributed by atoms with van der Waals surface area (Å²) in [6, 6.07) is 14.7. The predicted molar refractivity (Wildman–Crippen MR) is 159 cm³/mol. The number of esters is 2. The number of carbonyl (C=O) groups is 2. The van der Waals surface area contributed by atoms with E-state index in [0.29, 0.717) is 18.8 Å². The van der Waals surface area contributed by atoms with Crippen molar-refractivity contribution in [2.24, 2.45) is 11.8 Å². The van der Waals surface area contributed by atoms with Gasteiger partial charge in [-0.05, 0) is 59.9 Å². The molecule has 0 saturated carbocycles. The lowest BCUT2D eigenvalue weighted by Gasteiger charge is -2.29. The third-order valence-corrected chi connectivity index (χ3v) is 7.67. The van der Waals surface area contributed by atoms with Crippen molar-refractivity contribution in [2.75, 3.05) is 33.0 Å². The summed E-state index contributed by atoms with van der Waals surface area (Å²) in [5.74, 6) is -0.918. The van der Waals surface area contributed by atoms with Gasteiger partial charge in [-0.2, -0.15) is 0 Å². The lowest BCUT2D eigenvalue weighted by Crippen LogP contribution is -2.20. The largest absolute Gasteiger partial charge is 0.465 e. The van der Waals surface area contributed by atoms with Gasteiger partial charge >= 0.3 is 11.9 Å². The summed E-state index contributed by atoms with van der Waals surface area (Å²) in [5.41, 5.74) is 5.25. The number of hydrogen-bond acceptors (Lipinski definition) is 7. The SMILES string of the molecule is C=C(CO)C(=O)OCCc1cc(CCOC(=O)C(C)CO)cc(-c2ccc(C3CCC(CCCCC)CO3)cc2)c1. The van der Waals surface area contributed by atoms with Crippen LogP contribution in [-0.2, 0) is 36.6 Å². The molecule has 1 aliphatic rings. The molecule has 0 aliphatic carbocycles. The number of rotatable bonds is 16. The minimum Gasteiger partial charge on any atom is -0.465 e. The Balaban J connectivity index is 1.68. The van der Waals surface area contributed by atoms with E-state index in [1.807, 2.05) is 6.07 Å². The average molecular weight is 567 g/mol. The highest BCUT2D eigenvalue weighted by atomic mass is 16.5. The van der Waals surface area contributed by atoms with Crippen LogP contribution in [0.25, 0.3) is 11.1 Å². The Morgan fingerprint density at radius 2 is 1.66 bits per heavy atom. The van der Waals surface area contributed by atoms with Gasteiger partial charge in [0.15, 0.2) is 0 Å². The first-order valence-corrected chi connectivity index (χ1v) is 14.9. The van der Waals surface area contributed by atoms with Gasteiger partial charge in [0.2, 0.25) is 0 Å². The fourth-order valence-electron chi connectivity index (χ4n) is 5.00. The van der Waals surface area contributed by atoms with Crippen LogP contribution >= 0.6 is 0 Å². The smallest absolute Gasteiger partial charge is 0.335 e. The monoisotopic (exact) mass is 566 g/mol. The van der Waals surface area contributed by atoms with E-state index in [2.05, 4.69) is 49.9 Å². The molecule has 1 fully saturated rings. The first-order valence-electron chi connectivity index (χ1n) is 14.9. The molecule has 7 heteroatoms. The maximum Gasteiger partial charge on any atom is 0.335 e. The van der Waals surface area contributed by atoms with E-state index >= 15 is 0 Å². The van der Waals surface area contributed by atoms with Crippen molar-refractivity contribution in [2.45, 2.75) is 71.3 Å². The van der Waals surface area contributed by atoms with Crippen molar-refractivity contribution >= 4 is 11.9 Å². The van der Waals surface area contributed by atoms with Crippen LogP contribution in [0.15, 0.2) is 54.6 Å². The lowest BCUT2D eigenvalue weighted by molar-refractivity contribution is -0.149. The maximum absolute atomic E-state index is 12.0. The molecule has 0 aromatic heterocycles. The van der Waals surface area contributed by atoms with Crippen molar-refractivity contribution in [1.29, 1.82) is 0 Å². The summed E-state index contributed by atoms with van der Waals surface area (Å²) < 4.78 is 16.8. The molecule has 224 valence electrons. The highest BCUT2D eigenvalue weighted by molar-refractivity contribution is 5.87. The first-order chi connectivity index (χ1) is 19.8. The van der Waals surface area contributed by atoms with Gasteiger partial charge in [0.25, 0.3) is 0 Å². The molecule has 1 saturated heterocycles. The molecule has 0 amide bonds. The predicted octanol–water partition coefficient (Wildman–Crippen LogP) is 5.75. The molecule has 2 N–H and O–H groups in total. The van der Waals surface area contributed by atoms with Crippen molar-refractivity contribution < 1.29 is 34.0 Å². The van der Waals surface area contributed by atoms with Crippen LogP contribution in [0, 0.1) is 11.8 Å². The van der Waals surface area contributed by atoms with Gasteiger partial charge in [0.1, 0.15) is 0 Å². The number of ether oxygens (including phenoxy) is 3. The van der Waals surface area contributed by atoms with Gasteiger partial charge in [0.05, 0.1) is 50.6 Å². The van der Waals surface area contributed by atoms with E-state index < -0.39 is 24.5 Å². The molecule has 7 nitrogen and oxygen atoms in total. The second-order valence-corrected chi connectivity index (χ2v) is 11.1. The fraction of sp³-hybridized carbons (Fsp3) is 0.529. The topological polar surface area (TPSA) is 102 Å². The second kappa shape index (κ2) is 17.1. The van der Waals surface area contributed by atoms with Crippen molar-refractivity contribution in [1.82, 2.24) is 0 Å². The van der Waals surface area contributed by atoms with Crippen LogP contribution in [0.3, 0.4) is 0 Å². The van der Waals surface area contributed by atoms with Gasteiger partial charge in [-0.3, -0.25) is 4.79 Å². The van der Waals surface area contributed by atoms with Gasteiger partial charge in [-0.1, -0.05) is 75.2 Å². The zero-order chi connectivity index (χ0) is 29.6. The summed E-state index contributed by atoms with van der Waals surface area (Å²) >= 11 is 0. The Morgan fingerprint density at radius 3 is 2.24 bits per heavy atom. The van der Waals surface area contributed by atoms with E-state index in [4.69, 9.17) is 19.3 Å². The number of aliphatic hydroxyl groups is 2. The molecular weight excluding hydrogens is 520 g/mol. The number of hydrogen-bond donors (Lipinski definition) is 2. The maximum atomic E-state index is 12.0. The van der Waals surface area contributed by atoms with Crippen LogP contribution in [0.4, 0.5) is 0 Å². The molecule has 3 rings (SSSR count). The van der Waals surface area contributed by atoms with Gasteiger partial charge in [-0.15, -0.1) is 0 Å². The molecular formula is C34H46O7. The molecule has 1 aliphatic heterocycles. The van der Waals surface area contributed by atoms with Gasteiger partial charge in [-0.25, -0.2) is 4.79 Å². The van der Waals surface area contributed by atoms with Crippen LogP contribution < -0.4 is 0 Å². The van der Waals surface area contributed by atoms with Gasteiger partial charge < -0.3 is 24.4 Å². The van der Waals surface area contributed by atoms with E-state index in [0.717, 1.165) is 35.3 Å². The number of benzene rings is 2. The Kier molecular flexibility index (Phi) is 13.5. The molecule has 1 heterocycles. The Labute approximate surface area is 244 Å². The summed E-state index contributed by atoms with van der Waals surface area (Å²) in [7, 11) is 0. The van der Waals surface area contributed by atoms with Crippen molar-refractivity contribution in [3.05, 3.63) is 71.3 Å². The third-order valence-electron chi connectivity index (χ3n) is 7.67. The summed E-state index contributed by atoms with van der Waals surface area (Å²) in [5, 5.41) is 18.3. The molecule has 3 unspecified atom stereocenters. The van der Waals surface area contributed by atoms with E-state index in [9.17, 15) is 14.7 Å². The molecule has 2 aromatic rings. The van der Waals surface area contributed by atoms with Gasteiger partial charge in [0, 0.05) is 12.8 Å². The molecule has 3 atom stereocenters. The fourth-order valence-corrected chi connectivity index (χ4v) is 5.00. The zero-order valence-electron chi connectivity index (χ0n) is 24.6. The highest BCUT2D eigenvalue weighted by Crippen LogP contribution is 2.34. The second-order valence-electron chi connectivity index (χ2n) is 11.1. The standard InChI is InChI=1S/C34H46O7/c1-4-5-6-7-26-8-13-32(41-23-26)30-11-9-29(10-12-30)31-19-27(14-16-39-33(37)24(2)21-35)18-28(20-31)15-17-40-34(38)25(3)22-36/h9-12,18-20,25-26,32,35-36H,2,4-8,13-17,21-23H2,1,3H3.